The first kappa shape index (κ1) is 27.2. The molecule has 1 aliphatic carbocycles. The van der Waals surface area contributed by atoms with E-state index in [2.05, 4.69) is 4.74 Å². The number of esters is 2. The predicted octanol–water partition coefficient (Wildman–Crippen LogP) is 2.85. The Kier molecular flexibility index (Phi) is 10.7. The standard InChI is InChI=1S/C22H34NO9P/c1-4-31-33(28,32-5-2)17-12-10-11-16-20(17)22(27)23(21(16)26)13-8-6-7-9-14-30-19(25)15-18(24)29-3/h10,12,16-17,20H,4-9,11,13-15H2,1-3H3/t16-,17+,20-/m0/s1. The lowest BCUT2D eigenvalue weighted by Crippen LogP contribution is -2.35. The third-order valence-electron chi connectivity index (χ3n) is 5.70. The Bertz CT molecular complexity index is 787. The molecule has 0 spiro atoms. The number of hydrogen-bond donors (Lipinski definition) is 0. The summed E-state index contributed by atoms with van der Waals surface area (Å²) in [7, 11) is -2.37. The van der Waals surface area contributed by atoms with Crippen molar-refractivity contribution in [2.75, 3.05) is 33.5 Å². The number of hydrogen-bond acceptors (Lipinski definition) is 9. The van der Waals surface area contributed by atoms with Crippen molar-refractivity contribution in [2.45, 2.75) is 58.0 Å². The van der Waals surface area contributed by atoms with Crippen molar-refractivity contribution in [3.63, 3.8) is 0 Å². The van der Waals surface area contributed by atoms with E-state index in [1.54, 1.807) is 26.0 Å². The molecule has 11 heteroatoms. The zero-order chi connectivity index (χ0) is 24.4. The molecular weight excluding hydrogens is 453 g/mol. The lowest BCUT2D eigenvalue weighted by Gasteiger charge is -2.31. The van der Waals surface area contributed by atoms with E-state index >= 15 is 0 Å². The van der Waals surface area contributed by atoms with Gasteiger partial charge < -0.3 is 18.5 Å². The minimum Gasteiger partial charge on any atom is -0.469 e. The Balaban J connectivity index is 1.83. The summed E-state index contributed by atoms with van der Waals surface area (Å²) in [4.78, 5) is 49.7. The average Bonchev–Trinajstić information content (AvgIpc) is 3.03. The van der Waals surface area contributed by atoms with E-state index in [-0.39, 0.29) is 38.2 Å². The molecule has 0 aromatic heterocycles. The molecule has 0 bridgehead atoms. The van der Waals surface area contributed by atoms with Gasteiger partial charge in [-0.2, -0.15) is 0 Å². The van der Waals surface area contributed by atoms with Crippen molar-refractivity contribution in [1.82, 2.24) is 4.90 Å². The number of carbonyl (C=O) groups excluding carboxylic acids is 4. The molecule has 0 radical (unpaired) electrons. The van der Waals surface area contributed by atoms with Crippen molar-refractivity contribution in [1.29, 1.82) is 0 Å². The van der Waals surface area contributed by atoms with Crippen LogP contribution in [0.1, 0.15) is 52.4 Å². The molecule has 0 aromatic rings. The lowest BCUT2D eigenvalue weighted by atomic mass is 9.85. The zero-order valence-corrected chi connectivity index (χ0v) is 20.4. The van der Waals surface area contributed by atoms with Crippen molar-refractivity contribution >= 4 is 31.3 Å². The second kappa shape index (κ2) is 13.0. The minimum atomic E-state index is -3.58. The van der Waals surface area contributed by atoms with Gasteiger partial charge in [-0.05, 0) is 39.5 Å². The molecule has 1 aliphatic heterocycles. The van der Waals surface area contributed by atoms with E-state index in [0.29, 0.717) is 19.3 Å². The SMILES string of the molecule is CCOP(=O)(OCC)[C@@H]1C=CC[C@@H]2C(=O)N(CCCCCCOC(=O)CC(=O)OC)C(=O)[C@@H]21. The normalized spacial score (nSPS) is 22.4. The van der Waals surface area contributed by atoms with Crippen LogP contribution in [0.3, 0.4) is 0 Å². The third kappa shape index (κ3) is 6.98. The number of amides is 2. The number of unbranched alkanes of at least 4 members (excludes halogenated alkanes) is 3. The number of ether oxygens (including phenoxy) is 2. The molecule has 0 aromatic carbocycles. The lowest BCUT2D eigenvalue weighted by molar-refractivity contribution is -0.153. The second-order valence-electron chi connectivity index (χ2n) is 7.88. The number of methoxy groups -OCH3 is 1. The van der Waals surface area contributed by atoms with Gasteiger partial charge in [0.25, 0.3) is 0 Å². The Hall–Kier alpha value is -2.03. The zero-order valence-electron chi connectivity index (χ0n) is 19.5. The minimum absolute atomic E-state index is 0.183. The average molecular weight is 487 g/mol. The molecule has 2 rings (SSSR count). The largest absolute Gasteiger partial charge is 0.469 e. The molecule has 3 atom stereocenters. The molecule has 1 heterocycles. The van der Waals surface area contributed by atoms with E-state index < -0.39 is 43.5 Å². The van der Waals surface area contributed by atoms with E-state index in [9.17, 15) is 23.7 Å². The maximum atomic E-state index is 13.3. The van der Waals surface area contributed by atoms with Gasteiger partial charge in [-0.3, -0.25) is 28.6 Å². The van der Waals surface area contributed by atoms with Crippen molar-refractivity contribution in [3.05, 3.63) is 12.2 Å². The summed E-state index contributed by atoms with van der Waals surface area (Å²) in [6.45, 7) is 4.27. The Morgan fingerprint density at radius 3 is 2.33 bits per heavy atom. The highest BCUT2D eigenvalue weighted by Gasteiger charge is 2.56. The summed E-state index contributed by atoms with van der Waals surface area (Å²) in [6.07, 6.45) is 6.19. The Morgan fingerprint density at radius 2 is 1.70 bits per heavy atom. The topological polar surface area (TPSA) is 126 Å². The number of fused-ring (bicyclic) bond motifs is 1. The first-order valence-electron chi connectivity index (χ1n) is 11.4. The van der Waals surface area contributed by atoms with Crippen LogP contribution in [0.2, 0.25) is 0 Å². The van der Waals surface area contributed by atoms with Gasteiger partial charge in [-0.1, -0.05) is 18.6 Å². The fourth-order valence-electron chi connectivity index (χ4n) is 4.17. The van der Waals surface area contributed by atoms with Crippen LogP contribution in [0.5, 0.6) is 0 Å². The van der Waals surface area contributed by atoms with Crippen LogP contribution in [0.25, 0.3) is 0 Å². The summed E-state index contributed by atoms with van der Waals surface area (Å²) in [5.74, 6) is -3.11. The van der Waals surface area contributed by atoms with Crippen molar-refractivity contribution in [2.24, 2.45) is 11.8 Å². The van der Waals surface area contributed by atoms with E-state index in [0.717, 1.165) is 12.8 Å². The number of rotatable bonds is 14. The highest BCUT2D eigenvalue weighted by atomic mass is 31.2. The monoisotopic (exact) mass is 487 g/mol. The van der Waals surface area contributed by atoms with E-state index in [1.165, 1.54) is 12.0 Å². The van der Waals surface area contributed by atoms with Crippen LogP contribution in [0.4, 0.5) is 0 Å². The quantitative estimate of drug-likeness (QED) is 0.0908. The van der Waals surface area contributed by atoms with Crippen LogP contribution in [-0.2, 0) is 42.3 Å². The van der Waals surface area contributed by atoms with Gasteiger partial charge in [0.05, 0.1) is 44.4 Å². The molecule has 0 saturated carbocycles. The fourth-order valence-corrected chi connectivity index (χ4v) is 6.37. The molecular formula is C22H34NO9P. The Morgan fingerprint density at radius 1 is 1.03 bits per heavy atom. The number of nitrogens with zero attached hydrogens (tertiary/aromatic N) is 1. The number of carbonyl (C=O) groups is 4. The van der Waals surface area contributed by atoms with Gasteiger partial charge in [-0.15, -0.1) is 0 Å². The molecule has 2 amide bonds. The van der Waals surface area contributed by atoms with Gasteiger partial charge in [0.15, 0.2) is 0 Å². The molecule has 1 saturated heterocycles. The first-order valence-corrected chi connectivity index (χ1v) is 13.0. The number of imide groups is 1. The maximum Gasteiger partial charge on any atom is 0.338 e. The maximum absolute atomic E-state index is 13.3. The summed E-state index contributed by atoms with van der Waals surface area (Å²) >= 11 is 0. The predicted molar refractivity (Wildman–Crippen MR) is 118 cm³/mol. The molecule has 2 aliphatic rings. The van der Waals surface area contributed by atoms with Crippen LogP contribution < -0.4 is 0 Å². The van der Waals surface area contributed by atoms with E-state index in [4.69, 9.17) is 13.8 Å². The molecule has 0 unspecified atom stereocenters. The van der Waals surface area contributed by atoms with Crippen molar-refractivity contribution in [3.8, 4) is 0 Å². The highest BCUT2D eigenvalue weighted by Crippen LogP contribution is 2.59. The van der Waals surface area contributed by atoms with Crippen LogP contribution >= 0.6 is 7.60 Å². The number of allylic oxidation sites excluding steroid dienone is 2. The molecule has 10 nitrogen and oxygen atoms in total. The van der Waals surface area contributed by atoms with Crippen molar-refractivity contribution < 1.29 is 42.3 Å². The Labute approximate surface area is 194 Å². The van der Waals surface area contributed by atoms with Crippen LogP contribution in [-0.4, -0.2) is 67.8 Å². The smallest absolute Gasteiger partial charge is 0.338 e. The molecule has 33 heavy (non-hydrogen) atoms. The fraction of sp³-hybridized carbons (Fsp3) is 0.727. The third-order valence-corrected chi connectivity index (χ3v) is 8.16. The molecule has 0 N–H and O–H groups in total. The second-order valence-corrected chi connectivity index (χ2v) is 10.1. The summed E-state index contributed by atoms with van der Waals surface area (Å²) in [5.41, 5.74) is -0.766. The van der Waals surface area contributed by atoms with Gasteiger partial charge in [0.1, 0.15) is 6.42 Å². The van der Waals surface area contributed by atoms with Gasteiger partial charge in [0.2, 0.25) is 11.8 Å². The highest BCUT2D eigenvalue weighted by molar-refractivity contribution is 7.55. The van der Waals surface area contributed by atoms with Crippen LogP contribution in [0, 0.1) is 11.8 Å². The van der Waals surface area contributed by atoms with E-state index in [1.807, 2.05) is 0 Å². The summed E-state index contributed by atoms with van der Waals surface area (Å²) in [6, 6.07) is 0. The van der Waals surface area contributed by atoms with Crippen LogP contribution in [0.15, 0.2) is 12.2 Å². The molecule has 186 valence electrons. The van der Waals surface area contributed by atoms with Gasteiger partial charge >= 0.3 is 19.5 Å². The molecule has 1 fully saturated rings. The number of likely N-dealkylation sites (tertiary alicyclic amines) is 1. The first-order chi connectivity index (χ1) is 15.8. The van der Waals surface area contributed by atoms with Gasteiger partial charge in [-0.25, -0.2) is 0 Å². The summed E-state index contributed by atoms with van der Waals surface area (Å²) in [5, 5.41) is 0. The summed E-state index contributed by atoms with van der Waals surface area (Å²) < 4.78 is 33.6. The van der Waals surface area contributed by atoms with Gasteiger partial charge in [0, 0.05) is 6.54 Å².